The van der Waals surface area contributed by atoms with Crippen molar-refractivity contribution in [3.05, 3.63) is 11.9 Å². The van der Waals surface area contributed by atoms with Crippen LogP contribution in [0.2, 0.25) is 0 Å². The first-order valence-electron chi connectivity index (χ1n) is 4.60. The molecule has 0 aliphatic carbocycles. The van der Waals surface area contributed by atoms with Crippen LogP contribution < -0.4 is 11.1 Å². The standard InChI is InChI=1S/C9H21N3/c1-4-12(5-2)8-6-7-9(10)11-3/h7,11H,4-6,8,10H2,1-3H3/b9-7+. The van der Waals surface area contributed by atoms with Gasteiger partial charge < -0.3 is 16.0 Å². The topological polar surface area (TPSA) is 41.3 Å². The lowest BCUT2D eigenvalue weighted by molar-refractivity contribution is 0.310. The van der Waals surface area contributed by atoms with E-state index in [4.69, 9.17) is 5.73 Å². The third-order valence-electron chi connectivity index (χ3n) is 1.99. The fourth-order valence-corrected chi connectivity index (χ4v) is 1.04. The Bertz CT molecular complexity index is 128. The predicted molar refractivity (Wildman–Crippen MR) is 53.7 cm³/mol. The van der Waals surface area contributed by atoms with E-state index < -0.39 is 0 Å². The van der Waals surface area contributed by atoms with Crippen molar-refractivity contribution in [2.45, 2.75) is 20.3 Å². The molecule has 0 bridgehead atoms. The van der Waals surface area contributed by atoms with E-state index in [1.807, 2.05) is 13.1 Å². The van der Waals surface area contributed by atoms with Crippen molar-refractivity contribution in [3.8, 4) is 0 Å². The number of nitrogens with one attached hydrogen (secondary N) is 1. The zero-order chi connectivity index (χ0) is 9.40. The Morgan fingerprint density at radius 3 is 2.42 bits per heavy atom. The number of hydrogen-bond donors (Lipinski definition) is 2. The zero-order valence-corrected chi connectivity index (χ0v) is 8.43. The van der Waals surface area contributed by atoms with Gasteiger partial charge in [-0.2, -0.15) is 0 Å². The third kappa shape index (κ3) is 5.02. The maximum atomic E-state index is 5.57. The van der Waals surface area contributed by atoms with E-state index in [0.717, 1.165) is 31.9 Å². The van der Waals surface area contributed by atoms with E-state index >= 15 is 0 Å². The van der Waals surface area contributed by atoms with Gasteiger partial charge in [-0.3, -0.25) is 0 Å². The molecule has 0 saturated carbocycles. The molecule has 0 heterocycles. The number of hydrogen-bond acceptors (Lipinski definition) is 3. The molecule has 0 unspecified atom stereocenters. The van der Waals surface area contributed by atoms with Crippen molar-refractivity contribution < 1.29 is 0 Å². The minimum atomic E-state index is 0.766. The van der Waals surface area contributed by atoms with Crippen molar-refractivity contribution >= 4 is 0 Å². The van der Waals surface area contributed by atoms with Gasteiger partial charge in [-0.1, -0.05) is 13.8 Å². The minimum Gasteiger partial charge on any atom is -0.386 e. The molecule has 0 saturated heterocycles. The van der Waals surface area contributed by atoms with Gasteiger partial charge in [-0.05, 0) is 25.6 Å². The van der Waals surface area contributed by atoms with Crippen molar-refractivity contribution in [1.29, 1.82) is 0 Å². The highest BCUT2D eigenvalue weighted by Gasteiger charge is 1.95. The first-order valence-corrected chi connectivity index (χ1v) is 4.60. The fraction of sp³-hybridized carbons (Fsp3) is 0.778. The van der Waals surface area contributed by atoms with Crippen LogP contribution in [0, 0.1) is 0 Å². The number of rotatable bonds is 6. The molecule has 0 spiro atoms. The molecule has 12 heavy (non-hydrogen) atoms. The van der Waals surface area contributed by atoms with Crippen molar-refractivity contribution in [1.82, 2.24) is 10.2 Å². The van der Waals surface area contributed by atoms with Crippen LogP contribution in [0.1, 0.15) is 20.3 Å². The largest absolute Gasteiger partial charge is 0.386 e. The summed E-state index contributed by atoms with van der Waals surface area (Å²) >= 11 is 0. The molecule has 0 radical (unpaired) electrons. The lowest BCUT2D eigenvalue weighted by Gasteiger charge is -2.16. The van der Waals surface area contributed by atoms with Crippen LogP contribution in [0.3, 0.4) is 0 Å². The van der Waals surface area contributed by atoms with E-state index in [1.165, 1.54) is 0 Å². The Labute approximate surface area is 75.6 Å². The Morgan fingerprint density at radius 1 is 1.42 bits per heavy atom. The van der Waals surface area contributed by atoms with E-state index in [0.29, 0.717) is 0 Å². The highest BCUT2D eigenvalue weighted by atomic mass is 15.1. The Morgan fingerprint density at radius 2 is 2.00 bits per heavy atom. The fourth-order valence-electron chi connectivity index (χ4n) is 1.04. The van der Waals surface area contributed by atoms with Crippen molar-refractivity contribution in [2.24, 2.45) is 5.73 Å². The summed E-state index contributed by atoms with van der Waals surface area (Å²) in [5.41, 5.74) is 5.57. The van der Waals surface area contributed by atoms with Gasteiger partial charge >= 0.3 is 0 Å². The maximum Gasteiger partial charge on any atom is 0.0916 e. The summed E-state index contributed by atoms with van der Waals surface area (Å²) in [5, 5.41) is 2.90. The molecule has 0 aromatic heterocycles. The van der Waals surface area contributed by atoms with Crippen LogP contribution in [0.4, 0.5) is 0 Å². The maximum absolute atomic E-state index is 5.57. The molecule has 0 fully saturated rings. The summed E-state index contributed by atoms with van der Waals surface area (Å²) in [6, 6.07) is 0. The van der Waals surface area contributed by atoms with Gasteiger partial charge in [0.05, 0.1) is 5.82 Å². The van der Waals surface area contributed by atoms with Gasteiger partial charge in [-0.25, -0.2) is 0 Å². The molecular weight excluding hydrogens is 150 g/mol. The summed E-state index contributed by atoms with van der Waals surface area (Å²) in [6.07, 6.45) is 3.05. The highest BCUT2D eigenvalue weighted by Crippen LogP contribution is 1.92. The van der Waals surface area contributed by atoms with E-state index in [-0.39, 0.29) is 0 Å². The summed E-state index contributed by atoms with van der Waals surface area (Å²) in [4.78, 5) is 2.37. The van der Waals surface area contributed by atoms with Crippen molar-refractivity contribution in [3.63, 3.8) is 0 Å². The summed E-state index contributed by atoms with van der Waals surface area (Å²) in [6.45, 7) is 7.67. The first-order chi connectivity index (χ1) is 5.74. The summed E-state index contributed by atoms with van der Waals surface area (Å²) < 4.78 is 0. The van der Waals surface area contributed by atoms with Crippen LogP contribution in [-0.2, 0) is 0 Å². The monoisotopic (exact) mass is 171 g/mol. The molecule has 0 aromatic rings. The highest BCUT2D eigenvalue weighted by molar-refractivity contribution is 4.92. The molecule has 3 N–H and O–H groups in total. The van der Waals surface area contributed by atoms with E-state index in [2.05, 4.69) is 24.1 Å². The molecule has 72 valence electrons. The second kappa shape index (κ2) is 6.98. The summed E-state index contributed by atoms with van der Waals surface area (Å²) in [7, 11) is 1.84. The Balaban J connectivity index is 3.53. The average Bonchev–Trinajstić information content (AvgIpc) is 2.12. The predicted octanol–water partition coefficient (Wildman–Crippen LogP) is 0.738. The third-order valence-corrected chi connectivity index (χ3v) is 1.99. The Kier molecular flexibility index (Phi) is 6.57. The van der Waals surface area contributed by atoms with Gasteiger partial charge in [-0.15, -0.1) is 0 Å². The van der Waals surface area contributed by atoms with E-state index in [9.17, 15) is 0 Å². The Hall–Kier alpha value is -0.700. The second-order valence-electron chi connectivity index (χ2n) is 2.73. The quantitative estimate of drug-likeness (QED) is 0.619. The minimum absolute atomic E-state index is 0.766. The van der Waals surface area contributed by atoms with Crippen LogP contribution >= 0.6 is 0 Å². The van der Waals surface area contributed by atoms with Gasteiger partial charge in [0.25, 0.3) is 0 Å². The second-order valence-corrected chi connectivity index (χ2v) is 2.73. The SMILES string of the molecule is CCN(CC)CC/C=C(\N)NC. The lowest BCUT2D eigenvalue weighted by atomic mass is 10.3. The molecule has 0 amide bonds. The van der Waals surface area contributed by atoms with Gasteiger partial charge in [0.1, 0.15) is 0 Å². The smallest absolute Gasteiger partial charge is 0.0916 e. The first kappa shape index (κ1) is 11.3. The average molecular weight is 171 g/mol. The van der Waals surface area contributed by atoms with Crippen LogP contribution in [0.25, 0.3) is 0 Å². The molecule has 0 aliphatic heterocycles. The number of nitrogens with two attached hydrogens (primary N) is 1. The van der Waals surface area contributed by atoms with Crippen LogP contribution in [0.15, 0.2) is 11.9 Å². The molecule has 0 aliphatic rings. The normalized spacial score (nSPS) is 12.2. The molecule has 3 heteroatoms. The molecule has 0 aromatic carbocycles. The molecule has 3 nitrogen and oxygen atoms in total. The number of nitrogens with zero attached hydrogens (tertiary/aromatic N) is 1. The molecule has 0 atom stereocenters. The molecular formula is C9H21N3. The lowest BCUT2D eigenvalue weighted by Crippen LogP contribution is -2.24. The van der Waals surface area contributed by atoms with Crippen LogP contribution in [0.5, 0.6) is 0 Å². The van der Waals surface area contributed by atoms with Crippen LogP contribution in [-0.4, -0.2) is 31.6 Å². The van der Waals surface area contributed by atoms with E-state index in [1.54, 1.807) is 0 Å². The van der Waals surface area contributed by atoms with Crippen molar-refractivity contribution in [2.75, 3.05) is 26.7 Å². The summed E-state index contributed by atoms with van der Waals surface area (Å²) in [5.74, 6) is 0.766. The van der Waals surface area contributed by atoms with Gasteiger partial charge in [0.2, 0.25) is 0 Å². The zero-order valence-electron chi connectivity index (χ0n) is 8.43. The molecule has 0 rings (SSSR count). The van der Waals surface area contributed by atoms with Gasteiger partial charge in [0.15, 0.2) is 0 Å². The van der Waals surface area contributed by atoms with Gasteiger partial charge in [0, 0.05) is 13.6 Å².